The second-order valence-electron chi connectivity index (χ2n) is 8.58. The number of rotatable bonds is 7. The van der Waals surface area contributed by atoms with Crippen molar-refractivity contribution in [2.45, 2.75) is 12.5 Å². The van der Waals surface area contributed by atoms with Gasteiger partial charge in [0.05, 0.1) is 12.0 Å². The zero-order valence-corrected chi connectivity index (χ0v) is 20.4. The third-order valence-electron chi connectivity index (χ3n) is 6.48. The Bertz CT molecular complexity index is 1290. The Morgan fingerprint density at radius 1 is 1.03 bits per heavy atom. The number of hydrogen-bond acceptors (Lipinski definition) is 5. The summed E-state index contributed by atoms with van der Waals surface area (Å²) in [5.74, 6) is 0.564. The molecule has 0 radical (unpaired) electrons. The monoisotopic (exact) mass is 488 g/mol. The van der Waals surface area contributed by atoms with E-state index in [1.165, 1.54) is 11.3 Å². The van der Waals surface area contributed by atoms with E-state index in [9.17, 15) is 9.59 Å². The largest absolute Gasteiger partial charge is 0.497 e. The van der Waals surface area contributed by atoms with Crippen molar-refractivity contribution >= 4 is 39.7 Å². The number of carbonyl (C=O) groups excluding carboxylic acids is 2. The van der Waals surface area contributed by atoms with Crippen LogP contribution >= 0.6 is 11.3 Å². The lowest BCUT2D eigenvalue weighted by Crippen LogP contribution is -2.55. The molecule has 0 aliphatic carbocycles. The van der Waals surface area contributed by atoms with E-state index in [-0.39, 0.29) is 11.8 Å². The van der Waals surface area contributed by atoms with Gasteiger partial charge in [0.25, 0.3) is 5.91 Å². The van der Waals surface area contributed by atoms with E-state index in [0.29, 0.717) is 24.4 Å². The van der Waals surface area contributed by atoms with Crippen molar-refractivity contribution in [2.24, 2.45) is 0 Å². The molecule has 2 amide bonds. The van der Waals surface area contributed by atoms with E-state index in [0.717, 1.165) is 41.0 Å². The highest BCUT2D eigenvalue weighted by molar-refractivity contribution is 7.12. The molecule has 1 aliphatic heterocycles. The number of methoxy groups -OCH3 is 1. The first-order valence-corrected chi connectivity index (χ1v) is 12.6. The normalized spacial score (nSPS) is 14.7. The van der Waals surface area contributed by atoms with Gasteiger partial charge in [-0.15, -0.1) is 11.3 Å². The Labute approximate surface area is 208 Å². The molecule has 1 fully saturated rings. The molecule has 7 nitrogen and oxygen atoms in total. The Morgan fingerprint density at radius 3 is 2.51 bits per heavy atom. The first-order valence-electron chi connectivity index (χ1n) is 11.7. The second-order valence-corrected chi connectivity index (χ2v) is 9.53. The fourth-order valence-electron chi connectivity index (χ4n) is 4.56. The maximum Gasteiger partial charge on any atom is 0.262 e. The van der Waals surface area contributed by atoms with Gasteiger partial charge in [0.1, 0.15) is 11.8 Å². The Hall–Kier alpha value is -3.78. The number of aromatic amines is 1. The molecule has 0 unspecified atom stereocenters. The van der Waals surface area contributed by atoms with Crippen molar-refractivity contribution in [3.05, 3.63) is 82.7 Å². The molecule has 8 heteroatoms. The number of amides is 2. The van der Waals surface area contributed by atoms with E-state index in [4.69, 9.17) is 4.74 Å². The molecular formula is C27H28N4O3S. The highest BCUT2D eigenvalue weighted by Crippen LogP contribution is 2.23. The lowest BCUT2D eigenvalue weighted by atomic mass is 10.0. The molecule has 0 bridgehead atoms. The average Bonchev–Trinajstić information content (AvgIpc) is 3.59. The van der Waals surface area contributed by atoms with Crippen molar-refractivity contribution in [1.82, 2.24) is 15.2 Å². The number of benzene rings is 2. The van der Waals surface area contributed by atoms with Gasteiger partial charge in [0, 0.05) is 55.4 Å². The number of piperazine rings is 1. The average molecular weight is 489 g/mol. The lowest BCUT2D eigenvalue weighted by molar-refractivity contribution is -0.133. The molecule has 180 valence electrons. The quantitative estimate of drug-likeness (QED) is 0.413. The second kappa shape index (κ2) is 10.2. The maximum absolute atomic E-state index is 13.7. The number of ether oxygens (including phenoxy) is 1. The van der Waals surface area contributed by atoms with Gasteiger partial charge in [-0.25, -0.2) is 0 Å². The van der Waals surface area contributed by atoms with Crippen molar-refractivity contribution in [1.29, 1.82) is 0 Å². The van der Waals surface area contributed by atoms with E-state index >= 15 is 0 Å². The van der Waals surface area contributed by atoms with Crippen molar-refractivity contribution in [3.8, 4) is 5.75 Å². The molecule has 3 heterocycles. The van der Waals surface area contributed by atoms with Crippen LogP contribution in [0.5, 0.6) is 5.75 Å². The van der Waals surface area contributed by atoms with Crippen LogP contribution in [0.1, 0.15) is 15.2 Å². The summed E-state index contributed by atoms with van der Waals surface area (Å²) in [6, 6.07) is 19.0. The number of nitrogens with zero attached hydrogens (tertiary/aromatic N) is 2. The third-order valence-corrected chi connectivity index (χ3v) is 7.34. The van der Waals surface area contributed by atoms with Gasteiger partial charge < -0.3 is 24.8 Å². The standard InChI is InChI=1S/C27H28N4O3S/c1-34-21-10-8-20(9-11-21)30-12-14-31(15-13-30)27(33)24(29-26(32)25-7-4-16-35-25)17-19-18-28-23-6-3-2-5-22(19)23/h2-11,16,18,24,28H,12-15,17H2,1H3,(H,29,32)/t24-/m1/s1. The predicted octanol–water partition coefficient (Wildman–Crippen LogP) is 3.93. The molecule has 2 aromatic carbocycles. The number of para-hydroxylation sites is 1. The first kappa shape index (κ1) is 23.0. The van der Waals surface area contributed by atoms with Gasteiger partial charge in [-0.1, -0.05) is 24.3 Å². The van der Waals surface area contributed by atoms with E-state index in [2.05, 4.69) is 15.2 Å². The molecule has 1 aliphatic rings. The fourth-order valence-corrected chi connectivity index (χ4v) is 5.18. The Kier molecular flexibility index (Phi) is 6.72. The van der Waals surface area contributed by atoms with Crippen LogP contribution in [0.3, 0.4) is 0 Å². The van der Waals surface area contributed by atoms with Crippen LogP contribution in [-0.4, -0.2) is 61.0 Å². The molecule has 4 aromatic rings. The summed E-state index contributed by atoms with van der Waals surface area (Å²) in [5.41, 5.74) is 3.15. The summed E-state index contributed by atoms with van der Waals surface area (Å²) >= 11 is 1.37. The molecule has 5 rings (SSSR count). The van der Waals surface area contributed by atoms with Crippen LogP contribution in [0.4, 0.5) is 5.69 Å². The summed E-state index contributed by atoms with van der Waals surface area (Å²) in [5, 5.41) is 5.95. The highest BCUT2D eigenvalue weighted by Gasteiger charge is 2.30. The van der Waals surface area contributed by atoms with Gasteiger partial charge in [0.2, 0.25) is 5.91 Å². The number of hydrogen-bond donors (Lipinski definition) is 2. The lowest BCUT2D eigenvalue weighted by Gasteiger charge is -2.37. The van der Waals surface area contributed by atoms with Crippen LogP contribution in [0.25, 0.3) is 10.9 Å². The number of carbonyl (C=O) groups is 2. The van der Waals surface area contributed by atoms with Crippen LogP contribution in [-0.2, 0) is 11.2 Å². The van der Waals surface area contributed by atoms with Gasteiger partial charge in [0.15, 0.2) is 0 Å². The Morgan fingerprint density at radius 2 is 1.80 bits per heavy atom. The van der Waals surface area contributed by atoms with Crippen LogP contribution in [0.15, 0.2) is 72.2 Å². The molecule has 35 heavy (non-hydrogen) atoms. The number of nitrogens with one attached hydrogen (secondary N) is 2. The summed E-state index contributed by atoms with van der Waals surface area (Å²) in [7, 11) is 1.66. The minimum Gasteiger partial charge on any atom is -0.497 e. The van der Waals surface area contributed by atoms with Gasteiger partial charge >= 0.3 is 0 Å². The molecule has 2 N–H and O–H groups in total. The van der Waals surface area contributed by atoms with E-state index in [1.54, 1.807) is 13.2 Å². The van der Waals surface area contributed by atoms with Gasteiger partial charge in [-0.2, -0.15) is 0 Å². The predicted molar refractivity (Wildman–Crippen MR) is 139 cm³/mol. The number of anilines is 1. The minimum absolute atomic E-state index is 0.0467. The summed E-state index contributed by atoms with van der Waals surface area (Å²) in [4.78, 5) is 34.6. The topological polar surface area (TPSA) is 77.7 Å². The molecule has 0 saturated carbocycles. The van der Waals surface area contributed by atoms with Crippen molar-refractivity contribution < 1.29 is 14.3 Å². The van der Waals surface area contributed by atoms with E-state index in [1.807, 2.05) is 71.1 Å². The minimum atomic E-state index is -0.642. The molecule has 1 atom stereocenters. The van der Waals surface area contributed by atoms with Crippen LogP contribution in [0.2, 0.25) is 0 Å². The van der Waals surface area contributed by atoms with Crippen molar-refractivity contribution in [3.63, 3.8) is 0 Å². The maximum atomic E-state index is 13.7. The van der Waals surface area contributed by atoms with Gasteiger partial charge in [-0.05, 0) is 47.3 Å². The number of aromatic nitrogens is 1. The zero-order chi connectivity index (χ0) is 24.2. The van der Waals surface area contributed by atoms with Crippen molar-refractivity contribution in [2.75, 3.05) is 38.2 Å². The number of fused-ring (bicyclic) bond motifs is 1. The SMILES string of the molecule is COc1ccc(N2CCN(C(=O)[C@@H](Cc3c[nH]c4ccccc34)NC(=O)c3cccs3)CC2)cc1. The first-order chi connectivity index (χ1) is 17.1. The number of H-pyrrole nitrogens is 1. The number of thiophene rings is 1. The third kappa shape index (κ3) is 5.02. The summed E-state index contributed by atoms with van der Waals surface area (Å²) in [6.45, 7) is 2.67. The highest BCUT2D eigenvalue weighted by atomic mass is 32.1. The van der Waals surface area contributed by atoms with Gasteiger partial charge in [-0.3, -0.25) is 9.59 Å². The molecule has 2 aromatic heterocycles. The van der Waals surface area contributed by atoms with Crippen LogP contribution < -0.4 is 15.0 Å². The molecular weight excluding hydrogens is 460 g/mol. The van der Waals surface area contributed by atoms with Crippen LogP contribution in [0, 0.1) is 0 Å². The summed E-state index contributed by atoms with van der Waals surface area (Å²) < 4.78 is 5.25. The zero-order valence-electron chi connectivity index (χ0n) is 19.6. The molecule has 0 spiro atoms. The Balaban J connectivity index is 1.31. The molecule has 1 saturated heterocycles. The fraction of sp³-hybridized carbons (Fsp3) is 0.259. The smallest absolute Gasteiger partial charge is 0.262 e. The van der Waals surface area contributed by atoms with E-state index < -0.39 is 6.04 Å². The summed E-state index contributed by atoms with van der Waals surface area (Å²) in [6.07, 6.45) is 2.36.